The Morgan fingerprint density at radius 2 is 2.14 bits per heavy atom. The number of carbonyl (C=O) groups is 1. The Kier molecular flexibility index (Phi) is 5.06. The Morgan fingerprint density at radius 3 is 2.67 bits per heavy atom. The lowest BCUT2D eigenvalue weighted by atomic mass is 10.1. The fourth-order valence-electron chi connectivity index (χ4n) is 1.34. The Labute approximate surface area is 116 Å². The lowest BCUT2D eigenvalue weighted by molar-refractivity contribution is -0.384. The average Bonchev–Trinajstić information content (AvgIpc) is 2.41. The van der Waals surface area contributed by atoms with E-state index in [4.69, 9.17) is 5.26 Å². The standard InChI is InChI=1S/C11H8F3N3O4/c12-11(13,14)7-1-2-8(9(5-7)17(19)20)16-6-10(18)21-4-3-15/h1-2,5,16H,4,6H2. The molecule has 10 heteroatoms. The molecular weight excluding hydrogens is 295 g/mol. The second kappa shape index (κ2) is 6.56. The van der Waals surface area contributed by atoms with E-state index in [0.717, 1.165) is 6.07 Å². The summed E-state index contributed by atoms with van der Waals surface area (Å²) in [5, 5.41) is 21.2. The number of carbonyl (C=O) groups excluding carboxylic acids is 1. The summed E-state index contributed by atoms with van der Waals surface area (Å²) in [6, 6.07) is 3.40. The van der Waals surface area contributed by atoms with Gasteiger partial charge in [-0.05, 0) is 12.1 Å². The van der Waals surface area contributed by atoms with Crippen LogP contribution >= 0.6 is 0 Å². The predicted molar refractivity (Wildman–Crippen MR) is 63.2 cm³/mol. The fraction of sp³-hybridized carbons (Fsp3) is 0.273. The molecule has 21 heavy (non-hydrogen) atoms. The van der Waals surface area contributed by atoms with E-state index in [2.05, 4.69) is 10.1 Å². The Bertz CT molecular complexity index is 595. The molecule has 0 spiro atoms. The molecule has 1 aromatic carbocycles. The molecule has 0 fully saturated rings. The minimum absolute atomic E-state index is 0.262. The lowest BCUT2D eigenvalue weighted by Crippen LogP contribution is -2.18. The smallest absolute Gasteiger partial charge is 0.416 e. The number of nitro benzene ring substituents is 1. The van der Waals surface area contributed by atoms with Gasteiger partial charge in [-0.25, -0.2) is 0 Å². The highest BCUT2D eigenvalue weighted by atomic mass is 19.4. The number of nitrogens with zero attached hydrogens (tertiary/aromatic N) is 2. The van der Waals surface area contributed by atoms with Crippen molar-refractivity contribution >= 4 is 17.3 Å². The first-order valence-electron chi connectivity index (χ1n) is 5.37. The summed E-state index contributed by atoms with van der Waals surface area (Å²) in [6.45, 7) is -1.01. The third-order valence-corrected chi connectivity index (χ3v) is 2.24. The summed E-state index contributed by atoms with van der Waals surface area (Å²) in [6.07, 6.45) is -4.71. The maximum absolute atomic E-state index is 12.5. The Hall–Kier alpha value is -2.83. The van der Waals surface area contributed by atoms with E-state index >= 15 is 0 Å². The molecule has 0 saturated carbocycles. The number of ether oxygens (including phenoxy) is 1. The SMILES string of the molecule is N#CCOC(=O)CNc1ccc(C(F)(F)F)cc1[N+](=O)[O-]. The number of esters is 1. The van der Waals surface area contributed by atoms with Crippen LogP contribution < -0.4 is 5.32 Å². The molecule has 0 saturated heterocycles. The third-order valence-electron chi connectivity index (χ3n) is 2.24. The Balaban J connectivity index is 2.90. The molecular formula is C11H8F3N3O4. The number of anilines is 1. The van der Waals surface area contributed by atoms with E-state index in [1.54, 1.807) is 6.07 Å². The fourth-order valence-corrected chi connectivity index (χ4v) is 1.34. The number of nitrogens with one attached hydrogen (secondary N) is 1. The molecule has 0 aliphatic rings. The van der Waals surface area contributed by atoms with Gasteiger partial charge < -0.3 is 10.1 Å². The van der Waals surface area contributed by atoms with Crippen molar-refractivity contribution in [2.75, 3.05) is 18.5 Å². The van der Waals surface area contributed by atoms with Crippen LogP contribution in [0.1, 0.15) is 5.56 Å². The van der Waals surface area contributed by atoms with Crippen LogP contribution in [0.2, 0.25) is 0 Å². The third kappa shape index (κ3) is 4.64. The Morgan fingerprint density at radius 1 is 1.48 bits per heavy atom. The van der Waals surface area contributed by atoms with Gasteiger partial charge in [-0.1, -0.05) is 0 Å². The van der Waals surface area contributed by atoms with Crippen molar-refractivity contribution in [2.45, 2.75) is 6.18 Å². The van der Waals surface area contributed by atoms with Crippen LogP contribution in [0.15, 0.2) is 18.2 Å². The molecule has 0 bridgehead atoms. The summed E-state index contributed by atoms with van der Waals surface area (Å²) in [4.78, 5) is 20.9. The maximum Gasteiger partial charge on any atom is 0.416 e. The number of nitro groups is 1. The number of benzene rings is 1. The molecule has 0 aliphatic heterocycles. The zero-order chi connectivity index (χ0) is 16.0. The molecule has 0 radical (unpaired) electrons. The van der Waals surface area contributed by atoms with Gasteiger partial charge in [0.1, 0.15) is 18.3 Å². The molecule has 0 atom stereocenters. The minimum Gasteiger partial charge on any atom is -0.449 e. The van der Waals surface area contributed by atoms with Gasteiger partial charge in [-0.15, -0.1) is 0 Å². The number of nitriles is 1. The predicted octanol–water partition coefficient (Wildman–Crippen LogP) is 2.09. The van der Waals surface area contributed by atoms with E-state index < -0.39 is 41.5 Å². The van der Waals surface area contributed by atoms with Crippen LogP contribution in [0, 0.1) is 21.4 Å². The topological polar surface area (TPSA) is 105 Å². The normalized spacial score (nSPS) is 10.6. The van der Waals surface area contributed by atoms with E-state index in [1.807, 2.05) is 0 Å². The van der Waals surface area contributed by atoms with Gasteiger partial charge >= 0.3 is 12.1 Å². The minimum atomic E-state index is -4.71. The summed E-state index contributed by atoms with van der Waals surface area (Å²) in [5.41, 5.74) is -2.26. The van der Waals surface area contributed by atoms with Gasteiger partial charge in [-0.3, -0.25) is 14.9 Å². The van der Waals surface area contributed by atoms with Crippen molar-refractivity contribution in [1.29, 1.82) is 5.26 Å². The lowest BCUT2D eigenvalue weighted by Gasteiger charge is -2.10. The van der Waals surface area contributed by atoms with Crippen LogP contribution in [0.5, 0.6) is 0 Å². The highest BCUT2D eigenvalue weighted by Crippen LogP contribution is 2.34. The van der Waals surface area contributed by atoms with E-state index in [1.165, 1.54) is 0 Å². The summed E-state index contributed by atoms with van der Waals surface area (Å²) >= 11 is 0. The number of hydrogen-bond donors (Lipinski definition) is 1. The molecule has 0 aliphatic carbocycles. The van der Waals surface area contributed by atoms with E-state index in [9.17, 15) is 28.1 Å². The summed E-state index contributed by atoms with van der Waals surface area (Å²) in [5.74, 6) is -0.870. The van der Waals surface area contributed by atoms with Gasteiger partial charge in [0, 0.05) is 6.07 Å². The second-order valence-electron chi connectivity index (χ2n) is 3.66. The zero-order valence-electron chi connectivity index (χ0n) is 10.3. The van der Waals surface area contributed by atoms with E-state index in [0.29, 0.717) is 12.1 Å². The average molecular weight is 303 g/mol. The van der Waals surface area contributed by atoms with Crippen molar-refractivity contribution in [2.24, 2.45) is 0 Å². The van der Waals surface area contributed by atoms with Crippen molar-refractivity contribution in [3.05, 3.63) is 33.9 Å². The molecule has 1 rings (SSSR count). The molecule has 0 heterocycles. The van der Waals surface area contributed by atoms with Gasteiger partial charge in [0.05, 0.1) is 10.5 Å². The van der Waals surface area contributed by atoms with Crippen molar-refractivity contribution in [3.8, 4) is 6.07 Å². The van der Waals surface area contributed by atoms with Crippen molar-refractivity contribution < 1.29 is 27.6 Å². The quantitative estimate of drug-likeness (QED) is 0.507. The molecule has 0 amide bonds. The van der Waals surface area contributed by atoms with Crippen molar-refractivity contribution in [1.82, 2.24) is 0 Å². The van der Waals surface area contributed by atoms with E-state index in [-0.39, 0.29) is 5.69 Å². The van der Waals surface area contributed by atoms with Crippen LogP contribution in [-0.2, 0) is 15.7 Å². The van der Waals surface area contributed by atoms with Gasteiger partial charge in [0.2, 0.25) is 0 Å². The first-order valence-corrected chi connectivity index (χ1v) is 5.37. The molecule has 1 aromatic rings. The summed E-state index contributed by atoms with van der Waals surface area (Å²) < 4.78 is 41.8. The number of alkyl halides is 3. The molecule has 0 unspecified atom stereocenters. The second-order valence-corrected chi connectivity index (χ2v) is 3.66. The van der Waals surface area contributed by atoms with Gasteiger partial charge in [-0.2, -0.15) is 18.4 Å². The number of halogens is 3. The van der Waals surface area contributed by atoms with Gasteiger partial charge in [0.15, 0.2) is 6.61 Å². The van der Waals surface area contributed by atoms with Crippen molar-refractivity contribution in [3.63, 3.8) is 0 Å². The molecule has 0 aromatic heterocycles. The number of rotatable bonds is 5. The first-order chi connectivity index (χ1) is 9.75. The zero-order valence-corrected chi connectivity index (χ0v) is 10.3. The number of hydrogen-bond acceptors (Lipinski definition) is 6. The van der Waals surface area contributed by atoms with Crippen LogP contribution in [0.3, 0.4) is 0 Å². The van der Waals surface area contributed by atoms with Crippen LogP contribution in [0.4, 0.5) is 24.5 Å². The summed E-state index contributed by atoms with van der Waals surface area (Å²) in [7, 11) is 0. The first kappa shape index (κ1) is 16.2. The van der Waals surface area contributed by atoms with Gasteiger partial charge in [0.25, 0.3) is 5.69 Å². The largest absolute Gasteiger partial charge is 0.449 e. The highest BCUT2D eigenvalue weighted by Gasteiger charge is 2.33. The van der Waals surface area contributed by atoms with Crippen LogP contribution in [-0.4, -0.2) is 24.0 Å². The van der Waals surface area contributed by atoms with Crippen LogP contribution in [0.25, 0.3) is 0 Å². The highest BCUT2D eigenvalue weighted by molar-refractivity contribution is 5.77. The monoisotopic (exact) mass is 303 g/mol. The maximum atomic E-state index is 12.5. The molecule has 112 valence electrons. The molecule has 1 N–H and O–H groups in total. The molecule has 7 nitrogen and oxygen atoms in total.